The van der Waals surface area contributed by atoms with E-state index in [4.69, 9.17) is 9.05 Å². The third kappa shape index (κ3) is 44.8. The van der Waals surface area contributed by atoms with Gasteiger partial charge in [0.05, 0.1) is 39.9 Å². The zero-order chi connectivity index (χ0) is 45.0. The van der Waals surface area contributed by atoms with Gasteiger partial charge in [-0.3, -0.25) is 9.36 Å². The summed E-state index contributed by atoms with van der Waals surface area (Å²) in [5.41, 5.74) is 0. The number of aliphatic hydroxyl groups is 1. The molecule has 9 heteroatoms. The van der Waals surface area contributed by atoms with Gasteiger partial charge >= 0.3 is 0 Å². The number of hydrogen-bond donors (Lipinski definition) is 2. The minimum absolute atomic E-state index is 0.0274. The third-order valence-corrected chi connectivity index (χ3v) is 10.3. The van der Waals surface area contributed by atoms with Crippen molar-refractivity contribution in [1.29, 1.82) is 0 Å². The van der Waals surface area contributed by atoms with Crippen LogP contribution in [0.15, 0.2) is 122 Å². The average Bonchev–Trinajstić information content (AvgIpc) is 3.21. The lowest BCUT2D eigenvalue weighted by molar-refractivity contribution is -0.870. The number of phosphoric ester groups is 1. The van der Waals surface area contributed by atoms with Crippen molar-refractivity contribution < 1.29 is 32.9 Å². The topological polar surface area (TPSA) is 108 Å². The Hall–Kier alpha value is -3.10. The van der Waals surface area contributed by atoms with Gasteiger partial charge in [-0.2, -0.15) is 0 Å². The van der Waals surface area contributed by atoms with Crippen molar-refractivity contribution >= 4 is 13.7 Å². The lowest BCUT2D eigenvalue weighted by Crippen LogP contribution is -2.45. The summed E-state index contributed by atoms with van der Waals surface area (Å²) in [6.45, 7) is 4.41. The number of amides is 1. The number of carbonyl (C=O) groups excluding carboxylic acids is 1. The number of hydrogen-bond acceptors (Lipinski definition) is 6. The largest absolute Gasteiger partial charge is 0.756 e. The number of allylic oxidation sites excluding steroid dienone is 19. The number of nitrogens with one attached hydrogen (secondary N) is 1. The van der Waals surface area contributed by atoms with Crippen molar-refractivity contribution in [2.75, 3.05) is 40.9 Å². The third-order valence-electron chi connectivity index (χ3n) is 9.38. The summed E-state index contributed by atoms with van der Waals surface area (Å²) in [4.78, 5) is 25.3. The molecule has 2 N–H and O–H groups in total. The van der Waals surface area contributed by atoms with Crippen LogP contribution in [0.4, 0.5) is 0 Å². The van der Waals surface area contributed by atoms with E-state index in [1.54, 1.807) is 6.08 Å². The summed E-state index contributed by atoms with van der Waals surface area (Å²) in [7, 11) is 1.17. The molecule has 346 valence electrons. The van der Waals surface area contributed by atoms with Gasteiger partial charge in [0.15, 0.2) is 0 Å². The number of phosphoric acid groups is 1. The molecule has 0 aliphatic rings. The second-order valence-corrected chi connectivity index (χ2v) is 17.8. The number of carbonyl (C=O) groups is 1. The molecule has 8 nitrogen and oxygen atoms in total. The van der Waals surface area contributed by atoms with E-state index in [0.29, 0.717) is 23.9 Å². The highest BCUT2D eigenvalue weighted by atomic mass is 31.2. The van der Waals surface area contributed by atoms with Crippen molar-refractivity contribution in [2.45, 2.75) is 161 Å². The smallest absolute Gasteiger partial charge is 0.268 e. The van der Waals surface area contributed by atoms with Crippen LogP contribution in [-0.4, -0.2) is 68.5 Å². The van der Waals surface area contributed by atoms with Gasteiger partial charge < -0.3 is 28.8 Å². The Kier molecular flexibility index (Phi) is 40.1. The molecule has 0 bridgehead atoms. The molecule has 61 heavy (non-hydrogen) atoms. The van der Waals surface area contributed by atoms with Crippen LogP contribution in [0.3, 0.4) is 0 Å². The van der Waals surface area contributed by atoms with Crippen molar-refractivity contribution in [3.8, 4) is 0 Å². The molecule has 0 radical (unpaired) electrons. The summed E-state index contributed by atoms with van der Waals surface area (Å²) < 4.78 is 23.2. The maximum absolute atomic E-state index is 12.9. The fourth-order valence-corrected chi connectivity index (χ4v) is 6.42. The Bertz CT molecular complexity index is 1400. The molecule has 0 aromatic carbocycles. The van der Waals surface area contributed by atoms with E-state index in [0.717, 1.165) is 77.0 Å². The minimum Gasteiger partial charge on any atom is -0.756 e. The van der Waals surface area contributed by atoms with Crippen LogP contribution in [0.5, 0.6) is 0 Å². The molecule has 0 aromatic heterocycles. The molecule has 0 aliphatic heterocycles. The number of rotatable bonds is 40. The summed E-state index contributed by atoms with van der Waals surface area (Å²) in [6, 6.07) is -0.949. The van der Waals surface area contributed by atoms with Crippen molar-refractivity contribution in [3.05, 3.63) is 122 Å². The predicted octanol–water partition coefficient (Wildman–Crippen LogP) is 12.8. The Morgan fingerprint density at radius 3 is 1.52 bits per heavy atom. The van der Waals surface area contributed by atoms with Gasteiger partial charge in [-0.05, 0) is 96.3 Å². The molecule has 3 unspecified atom stereocenters. The lowest BCUT2D eigenvalue weighted by Gasteiger charge is -2.29. The van der Waals surface area contributed by atoms with Gasteiger partial charge in [-0.1, -0.05) is 167 Å². The van der Waals surface area contributed by atoms with E-state index < -0.39 is 26.6 Å². The quantitative estimate of drug-likeness (QED) is 0.0275. The molecular formula is C52H87N2O6P. The van der Waals surface area contributed by atoms with E-state index in [9.17, 15) is 19.4 Å². The molecule has 0 aromatic rings. The van der Waals surface area contributed by atoms with Crippen LogP contribution in [0, 0.1) is 0 Å². The van der Waals surface area contributed by atoms with Gasteiger partial charge in [0.25, 0.3) is 7.82 Å². The van der Waals surface area contributed by atoms with Gasteiger partial charge in [-0.25, -0.2) is 0 Å². The molecular weight excluding hydrogens is 780 g/mol. The van der Waals surface area contributed by atoms with E-state index in [-0.39, 0.29) is 18.9 Å². The molecule has 0 saturated heterocycles. The number of likely N-dealkylation sites (N-methyl/N-ethyl adjacent to an activating group) is 1. The predicted molar refractivity (Wildman–Crippen MR) is 260 cm³/mol. The number of quaternary nitrogens is 1. The zero-order valence-corrected chi connectivity index (χ0v) is 39.9. The van der Waals surface area contributed by atoms with E-state index in [1.165, 1.54) is 38.5 Å². The van der Waals surface area contributed by atoms with Crippen molar-refractivity contribution in [3.63, 3.8) is 0 Å². The second-order valence-electron chi connectivity index (χ2n) is 16.4. The van der Waals surface area contributed by atoms with Gasteiger partial charge in [0.1, 0.15) is 13.2 Å². The lowest BCUT2D eigenvalue weighted by atomic mass is 10.1. The van der Waals surface area contributed by atoms with Crippen LogP contribution in [0.25, 0.3) is 0 Å². The van der Waals surface area contributed by atoms with Crippen LogP contribution in [-0.2, 0) is 18.4 Å². The van der Waals surface area contributed by atoms with E-state index in [1.807, 2.05) is 27.2 Å². The van der Waals surface area contributed by atoms with Crippen LogP contribution < -0.4 is 10.2 Å². The fourth-order valence-electron chi connectivity index (χ4n) is 5.70. The molecule has 0 spiro atoms. The first-order chi connectivity index (χ1) is 29.5. The van der Waals surface area contributed by atoms with Crippen molar-refractivity contribution in [1.82, 2.24) is 5.32 Å². The Balaban J connectivity index is 4.60. The second kappa shape index (κ2) is 42.2. The molecule has 3 atom stereocenters. The maximum Gasteiger partial charge on any atom is 0.268 e. The standard InChI is InChI=1S/C52H87N2O6P/c1-6-8-10-12-14-16-18-20-22-24-25-26-27-28-29-30-32-34-36-38-40-42-44-46-52(56)53-50(49-60-61(57,58)59-48-47-54(3,4)5)51(55)45-43-41-39-37-35-33-31-23-21-19-17-15-13-11-9-7-2/h8,10,14,16,20-23,25-26,28-29,32,34-35,37-38,40,43,45,50-51,55H,6-7,9,11-13,15,17-19,24,27,30-31,33,36,39,41-42,44,46-49H2,1-5H3,(H-,53,56,57,58)/b10-8-,16-14-,22-20-,23-21+,26-25-,29-28-,34-32-,37-35+,40-38-,45-43+. The number of aliphatic hydroxyl groups excluding tert-OH is 1. The molecule has 0 rings (SSSR count). The first kappa shape index (κ1) is 57.9. The van der Waals surface area contributed by atoms with Gasteiger partial charge in [0, 0.05) is 6.42 Å². The average molecular weight is 867 g/mol. The Morgan fingerprint density at radius 2 is 1.02 bits per heavy atom. The summed E-state index contributed by atoms with van der Waals surface area (Å²) >= 11 is 0. The summed E-state index contributed by atoms with van der Waals surface area (Å²) in [5, 5.41) is 13.7. The van der Waals surface area contributed by atoms with Crippen LogP contribution in [0.1, 0.15) is 149 Å². The fraction of sp³-hybridized carbons (Fsp3) is 0.596. The van der Waals surface area contributed by atoms with E-state index in [2.05, 4.69) is 129 Å². The maximum atomic E-state index is 12.9. The monoisotopic (exact) mass is 867 g/mol. The summed E-state index contributed by atoms with van der Waals surface area (Å²) in [5.74, 6) is -0.276. The van der Waals surface area contributed by atoms with Crippen LogP contribution in [0.2, 0.25) is 0 Å². The Morgan fingerprint density at radius 1 is 0.590 bits per heavy atom. The highest BCUT2D eigenvalue weighted by Gasteiger charge is 2.23. The highest BCUT2D eigenvalue weighted by Crippen LogP contribution is 2.38. The minimum atomic E-state index is -4.63. The summed E-state index contributed by atoms with van der Waals surface area (Å²) in [6.07, 6.45) is 62.6. The number of unbranched alkanes of at least 4 members (excludes halogenated alkanes) is 9. The molecule has 0 fully saturated rings. The molecule has 0 aliphatic carbocycles. The molecule has 1 amide bonds. The molecule has 0 heterocycles. The van der Waals surface area contributed by atoms with Gasteiger partial charge in [0.2, 0.25) is 5.91 Å². The van der Waals surface area contributed by atoms with Crippen molar-refractivity contribution in [2.24, 2.45) is 0 Å². The van der Waals surface area contributed by atoms with Gasteiger partial charge in [-0.15, -0.1) is 0 Å². The van der Waals surface area contributed by atoms with Crippen LogP contribution >= 0.6 is 7.82 Å². The normalized spacial score (nSPS) is 15.3. The first-order valence-electron chi connectivity index (χ1n) is 23.4. The highest BCUT2D eigenvalue weighted by molar-refractivity contribution is 7.45. The first-order valence-corrected chi connectivity index (χ1v) is 24.9. The van der Waals surface area contributed by atoms with E-state index >= 15 is 0 Å². The Labute approximate surface area is 374 Å². The zero-order valence-electron chi connectivity index (χ0n) is 39.1. The SMILES string of the molecule is CC/C=C\C/C=C\C/C=C\C/C=C\C/C=C\C/C=C\C/C=C\CCCC(=O)NC(COP(=O)([O-])OCC[N+](C)(C)C)C(O)/C=C/CC/C=C/CC/C=C/CCCCCCCC. The number of nitrogens with zero attached hydrogens (tertiary/aromatic N) is 1. The molecule has 0 saturated carbocycles.